The molecule has 0 spiro atoms. The van der Waals surface area contributed by atoms with Gasteiger partial charge in [0.15, 0.2) is 5.60 Å². The zero-order valence-electron chi connectivity index (χ0n) is 22.0. The molecule has 15 heteroatoms. The van der Waals surface area contributed by atoms with Crippen molar-refractivity contribution in [2.45, 2.75) is 32.0 Å². The minimum Gasteiger partial charge on any atom is -0.489 e. The summed E-state index contributed by atoms with van der Waals surface area (Å²) in [7, 11) is 0. The Hall–Kier alpha value is -4.69. The quantitative estimate of drug-likeness (QED) is 0.316. The molecule has 1 aromatic heterocycles. The first kappa shape index (κ1) is 27.9. The highest BCUT2D eigenvalue weighted by Crippen LogP contribution is 2.32. The van der Waals surface area contributed by atoms with Gasteiger partial charge in [0.1, 0.15) is 24.3 Å². The molecule has 1 atom stereocenters. The third-order valence-electron chi connectivity index (χ3n) is 6.67. The zero-order valence-corrected chi connectivity index (χ0v) is 22.0. The number of hydrogen-bond donors (Lipinski definition) is 1. The fourth-order valence-corrected chi connectivity index (χ4v) is 4.61. The van der Waals surface area contributed by atoms with Gasteiger partial charge in [-0.05, 0) is 53.8 Å². The molecule has 3 aromatic rings. The first-order valence-corrected chi connectivity index (χ1v) is 12.7. The van der Waals surface area contributed by atoms with Crippen molar-refractivity contribution in [3.63, 3.8) is 0 Å². The lowest BCUT2D eigenvalue weighted by Gasteiger charge is -2.36. The third kappa shape index (κ3) is 6.91. The lowest BCUT2D eigenvalue weighted by atomic mass is 10.1. The smallest absolute Gasteiger partial charge is 0.489 e. The average Bonchev–Trinajstić information content (AvgIpc) is 3.47. The number of benzene rings is 2. The number of aromatic nitrogens is 2. The van der Waals surface area contributed by atoms with Crippen molar-refractivity contribution in [3.05, 3.63) is 70.4 Å². The monoisotopic (exact) mass is 576 g/mol. The topological polar surface area (TPSA) is 124 Å². The summed E-state index contributed by atoms with van der Waals surface area (Å²) in [6.45, 7) is 4.89. The number of nitrogens with one attached hydrogen (secondary N) is 1. The van der Waals surface area contributed by atoms with Crippen LogP contribution in [0.4, 0.5) is 29.5 Å². The van der Waals surface area contributed by atoms with E-state index in [0.717, 1.165) is 5.69 Å². The zero-order chi connectivity index (χ0) is 29.2. The summed E-state index contributed by atoms with van der Waals surface area (Å²) >= 11 is 0. The predicted molar refractivity (Wildman–Crippen MR) is 139 cm³/mol. The summed E-state index contributed by atoms with van der Waals surface area (Å²) in [5.74, 6) is 0.0705. The normalized spacial score (nSPS) is 18.4. The molecule has 0 saturated carbocycles. The number of alkyl halides is 3. The summed E-state index contributed by atoms with van der Waals surface area (Å²) < 4.78 is 54.0. The van der Waals surface area contributed by atoms with E-state index in [1.165, 1.54) is 30.5 Å². The van der Waals surface area contributed by atoms with Gasteiger partial charge in [0.05, 0.1) is 6.54 Å². The summed E-state index contributed by atoms with van der Waals surface area (Å²) in [5, 5.41) is 13.7. The highest BCUT2D eigenvalue weighted by molar-refractivity contribution is 5.74. The van der Waals surface area contributed by atoms with Gasteiger partial charge in [0.25, 0.3) is 0 Å². The van der Waals surface area contributed by atoms with Crippen molar-refractivity contribution in [2.75, 3.05) is 37.7 Å². The van der Waals surface area contributed by atoms with E-state index < -0.39 is 16.9 Å². The molecule has 3 heterocycles. The van der Waals surface area contributed by atoms with Gasteiger partial charge in [-0.1, -0.05) is 12.1 Å². The van der Waals surface area contributed by atoms with E-state index in [2.05, 4.69) is 19.9 Å². The van der Waals surface area contributed by atoms with E-state index in [-0.39, 0.29) is 36.8 Å². The first-order valence-electron chi connectivity index (χ1n) is 12.7. The van der Waals surface area contributed by atoms with E-state index >= 15 is 0 Å². The number of nitrogens with zero attached hydrogens (tertiary/aromatic N) is 5. The second-order valence-electron chi connectivity index (χ2n) is 9.93. The van der Waals surface area contributed by atoms with E-state index in [1.807, 2.05) is 31.2 Å². The molecule has 0 aliphatic carbocycles. The molecule has 0 bridgehead atoms. The number of amides is 2. The Kier molecular flexibility index (Phi) is 7.51. The van der Waals surface area contributed by atoms with Crippen molar-refractivity contribution >= 4 is 17.5 Å². The van der Waals surface area contributed by atoms with Gasteiger partial charge in [0, 0.05) is 43.4 Å². The molecule has 1 N–H and O–H groups in total. The molecule has 12 nitrogen and oxygen atoms in total. The van der Waals surface area contributed by atoms with E-state index in [0.29, 0.717) is 44.0 Å². The lowest BCUT2D eigenvalue weighted by molar-refractivity contribution is -0.389. The van der Waals surface area contributed by atoms with Crippen molar-refractivity contribution in [1.29, 1.82) is 0 Å². The van der Waals surface area contributed by atoms with Crippen LogP contribution in [0.25, 0.3) is 0 Å². The second kappa shape index (κ2) is 11.1. The fourth-order valence-electron chi connectivity index (χ4n) is 4.61. The summed E-state index contributed by atoms with van der Waals surface area (Å²) in [6, 6.07) is 12.9. The number of anilines is 1. The van der Waals surface area contributed by atoms with Gasteiger partial charge in [0.2, 0.25) is 0 Å². The summed E-state index contributed by atoms with van der Waals surface area (Å²) in [4.78, 5) is 30.6. The SMILES string of the molecule is C[C@]1(COc2ccc(N3CCN(C(=O)NCc4ccc(OC(F)(F)F)cc4)CC3)cc2)Cn2cc([N+](=O)[O-])nc2O1. The van der Waals surface area contributed by atoms with Crippen LogP contribution in [0, 0.1) is 10.1 Å². The number of fused-ring (bicyclic) bond motifs is 1. The number of nitro groups is 1. The number of piperazine rings is 1. The molecule has 1 saturated heterocycles. The van der Waals surface area contributed by atoms with E-state index in [4.69, 9.17) is 9.47 Å². The van der Waals surface area contributed by atoms with E-state index in [1.54, 1.807) is 9.47 Å². The fraction of sp³-hybridized carbons (Fsp3) is 0.385. The number of imidazole rings is 1. The Balaban J connectivity index is 1.04. The van der Waals surface area contributed by atoms with Gasteiger partial charge in [-0.3, -0.25) is 4.57 Å². The van der Waals surface area contributed by atoms with Crippen LogP contribution in [0.1, 0.15) is 12.5 Å². The number of ether oxygens (including phenoxy) is 3. The average molecular weight is 577 g/mol. The van der Waals surface area contributed by atoms with Gasteiger partial charge in [-0.15, -0.1) is 13.2 Å². The Morgan fingerprint density at radius 1 is 1.10 bits per heavy atom. The van der Waals surface area contributed by atoms with E-state index in [9.17, 15) is 28.1 Å². The van der Waals surface area contributed by atoms with Gasteiger partial charge < -0.3 is 39.4 Å². The molecule has 2 aliphatic heterocycles. The van der Waals surface area contributed by atoms with Crippen LogP contribution in [0.15, 0.2) is 54.7 Å². The van der Waals surface area contributed by atoms with Gasteiger partial charge >= 0.3 is 24.2 Å². The van der Waals surface area contributed by atoms with Crippen molar-refractivity contribution in [1.82, 2.24) is 19.8 Å². The predicted octanol–water partition coefficient (Wildman–Crippen LogP) is 3.95. The van der Waals surface area contributed by atoms with Crippen LogP contribution >= 0.6 is 0 Å². The minimum absolute atomic E-state index is 0.180. The molecular weight excluding hydrogens is 549 g/mol. The number of carbonyl (C=O) groups excluding carboxylic acids is 1. The maximum atomic E-state index is 12.6. The highest BCUT2D eigenvalue weighted by Gasteiger charge is 2.41. The van der Waals surface area contributed by atoms with Gasteiger partial charge in [-0.25, -0.2) is 4.79 Å². The van der Waals surface area contributed by atoms with Crippen LogP contribution in [0.2, 0.25) is 0 Å². The molecule has 2 aromatic carbocycles. The van der Waals surface area contributed by atoms with Crippen LogP contribution in [-0.2, 0) is 13.1 Å². The first-order chi connectivity index (χ1) is 19.5. The Morgan fingerprint density at radius 3 is 2.37 bits per heavy atom. The summed E-state index contributed by atoms with van der Waals surface area (Å²) in [5.41, 5.74) is 0.921. The molecule has 2 amide bonds. The Labute approximate surface area is 232 Å². The Bertz CT molecular complexity index is 1360. The highest BCUT2D eigenvalue weighted by atomic mass is 19.4. The maximum Gasteiger partial charge on any atom is 0.573 e. The van der Waals surface area contributed by atoms with Crippen LogP contribution < -0.4 is 24.4 Å². The molecule has 0 unspecified atom stereocenters. The van der Waals surface area contributed by atoms with Crippen molar-refractivity contribution in [2.24, 2.45) is 0 Å². The molecule has 2 aliphatic rings. The molecule has 0 radical (unpaired) electrons. The second-order valence-corrected chi connectivity index (χ2v) is 9.93. The largest absolute Gasteiger partial charge is 0.573 e. The van der Waals surface area contributed by atoms with Crippen molar-refractivity contribution in [3.8, 4) is 17.5 Å². The van der Waals surface area contributed by atoms with Crippen LogP contribution in [0.5, 0.6) is 17.5 Å². The number of halogens is 3. The van der Waals surface area contributed by atoms with Gasteiger partial charge in [-0.2, -0.15) is 0 Å². The van der Waals surface area contributed by atoms with Crippen molar-refractivity contribution < 1.29 is 37.1 Å². The number of hydrogen-bond acceptors (Lipinski definition) is 8. The molecule has 1 fully saturated rings. The summed E-state index contributed by atoms with van der Waals surface area (Å²) in [6.07, 6.45) is -3.41. The lowest BCUT2D eigenvalue weighted by Crippen LogP contribution is -2.51. The number of rotatable bonds is 8. The number of urea groups is 1. The van der Waals surface area contributed by atoms with Crippen LogP contribution in [0.3, 0.4) is 0 Å². The molecule has 5 rings (SSSR count). The maximum absolute atomic E-state index is 12.6. The third-order valence-corrected chi connectivity index (χ3v) is 6.67. The Morgan fingerprint density at radius 2 is 1.76 bits per heavy atom. The molecule has 41 heavy (non-hydrogen) atoms. The number of carbonyl (C=O) groups is 1. The molecule has 218 valence electrons. The minimum atomic E-state index is -4.75. The standard InChI is InChI=1S/C26H27F3N6O6/c1-25(16-34-15-22(35(37)38)31-24(34)41-25)17-39-20-8-4-19(5-9-20)32-10-12-33(13-11-32)23(36)30-14-18-2-6-21(7-3-18)40-26(27,28)29/h2-9,15H,10-14,16-17H2,1H3,(H,30,36)/t25-/m1/s1. The van der Waals surface area contributed by atoms with Crippen LogP contribution in [-0.4, -0.2) is 70.2 Å². The molecular formula is C26H27F3N6O6.